The van der Waals surface area contributed by atoms with E-state index in [9.17, 15) is 4.79 Å². The van der Waals surface area contributed by atoms with Crippen LogP contribution in [0.5, 0.6) is 5.75 Å². The summed E-state index contributed by atoms with van der Waals surface area (Å²) in [6.07, 6.45) is 0.00912. The fraction of sp³-hybridized carbons (Fsp3) is 0.238. The molecule has 1 amide bonds. The first-order chi connectivity index (χ1) is 13.3. The third-order valence-corrected chi connectivity index (χ3v) is 4.70. The van der Waals surface area contributed by atoms with Gasteiger partial charge in [0.15, 0.2) is 0 Å². The Balaban J connectivity index is 1.78. The van der Waals surface area contributed by atoms with Crippen molar-refractivity contribution in [2.45, 2.75) is 33.4 Å². The van der Waals surface area contributed by atoms with E-state index in [0.29, 0.717) is 39.4 Å². The molecule has 0 atom stereocenters. The van der Waals surface area contributed by atoms with Crippen molar-refractivity contribution in [2.75, 3.05) is 5.32 Å². The van der Waals surface area contributed by atoms with E-state index >= 15 is 0 Å². The zero-order chi connectivity index (χ0) is 20.3. The summed E-state index contributed by atoms with van der Waals surface area (Å²) >= 11 is 12.7. The zero-order valence-corrected chi connectivity index (χ0v) is 17.4. The lowest BCUT2D eigenvalue weighted by Crippen LogP contribution is -2.13. The Morgan fingerprint density at radius 2 is 1.89 bits per heavy atom. The van der Waals surface area contributed by atoms with Gasteiger partial charge >= 0.3 is 0 Å². The molecule has 0 saturated heterocycles. The summed E-state index contributed by atoms with van der Waals surface area (Å²) < 4.78 is 7.23. The van der Waals surface area contributed by atoms with Gasteiger partial charge in [0.05, 0.1) is 28.9 Å². The molecule has 1 aromatic heterocycles. The van der Waals surface area contributed by atoms with Crippen LogP contribution in [-0.4, -0.2) is 21.8 Å². The normalized spacial score (nSPS) is 10.9. The average molecular weight is 418 g/mol. The number of nitrogens with one attached hydrogen (secondary N) is 1. The van der Waals surface area contributed by atoms with E-state index in [1.165, 1.54) is 0 Å². The molecule has 2 aromatic carbocycles. The average Bonchev–Trinajstić information content (AvgIpc) is 2.91. The highest BCUT2D eigenvalue weighted by molar-refractivity contribution is 6.34. The molecule has 0 spiro atoms. The van der Waals surface area contributed by atoms with Crippen molar-refractivity contribution in [1.29, 1.82) is 0 Å². The third kappa shape index (κ3) is 4.66. The Labute approximate surface area is 174 Å². The maximum atomic E-state index is 12.8. The van der Waals surface area contributed by atoms with Crippen LogP contribution in [0.3, 0.4) is 0 Å². The summed E-state index contributed by atoms with van der Waals surface area (Å²) in [6.45, 7) is 6.09. The lowest BCUT2D eigenvalue weighted by atomic mass is 10.2. The lowest BCUT2D eigenvalue weighted by Gasteiger charge is -2.12. The number of nitrogens with zero attached hydrogens (tertiary/aromatic N) is 2. The Morgan fingerprint density at radius 3 is 2.54 bits per heavy atom. The van der Waals surface area contributed by atoms with E-state index in [0.717, 1.165) is 5.56 Å². The Hall–Kier alpha value is -2.50. The van der Waals surface area contributed by atoms with Gasteiger partial charge in [0.2, 0.25) is 0 Å². The van der Waals surface area contributed by atoms with E-state index < -0.39 is 0 Å². The van der Waals surface area contributed by atoms with Gasteiger partial charge in [-0.05, 0) is 44.5 Å². The number of amides is 1. The number of aromatic nitrogens is 2. The van der Waals surface area contributed by atoms with Gasteiger partial charge in [0.25, 0.3) is 5.91 Å². The number of benzene rings is 2. The highest BCUT2D eigenvalue weighted by Gasteiger charge is 2.21. The number of rotatable bonds is 6. The molecule has 0 aliphatic rings. The van der Waals surface area contributed by atoms with Crippen molar-refractivity contribution >= 4 is 34.8 Å². The first-order valence-corrected chi connectivity index (χ1v) is 9.65. The molecule has 0 fully saturated rings. The maximum absolute atomic E-state index is 12.8. The topological polar surface area (TPSA) is 56.2 Å². The highest BCUT2D eigenvalue weighted by Crippen LogP contribution is 2.29. The Morgan fingerprint density at radius 1 is 1.18 bits per heavy atom. The minimum absolute atomic E-state index is 0.00912. The number of anilines is 1. The molecule has 1 heterocycles. The Kier molecular flexibility index (Phi) is 6.27. The predicted octanol–water partition coefficient (Wildman–Crippen LogP) is 5.59. The monoisotopic (exact) mass is 417 g/mol. The van der Waals surface area contributed by atoms with Crippen molar-refractivity contribution in [3.8, 4) is 5.75 Å². The van der Waals surface area contributed by atoms with Gasteiger partial charge in [-0.15, -0.1) is 0 Å². The molecule has 28 heavy (non-hydrogen) atoms. The predicted molar refractivity (Wildman–Crippen MR) is 113 cm³/mol. The first kappa shape index (κ1) is 20.2. The van der Waals surface area contributed by atoms with Gasteiger partial charge in [0, 0.05) is 5.69 Å². The molecule has 1 N–H and O–H groups in total. The summed E-state index contributed by atoms with van der Waals surface area (Å²) in [5.41, 5.74) is 2.50. The van der Waals surface area contributed by atoms with Crippen LogP contribution in [0.2, 0.25) is 10.2 Å². The SMILES string of the molecule is Cc1nn(Cc2ccccc2)c(Cl)c1C(=O)Nc1ccc(OC(C)C)c(Cl)c1. The van der Waals surface area contributed by atoms with Gasteiger partial charge < -0.3 is 10.1 Å². The molecule has 3 aromatic rings. The quantitative estimate of drug-likeness (QED) is 0.568. The molecule has 0 radical (unpaired) electrons. The second kappa shape index (κ2) is 8.67. The lowest BCUT2D eigenvalue weighted by molar-refractivity contribution is 0.102. The molecule has 146 valence electrons. The van der Waals surface area contributed by atoms with E-state index in [4.69, 9.17) is 27.9 Å². The van der Waals surface area contributed by atoms with Gasteiger partial charge in [-0.2, -0.15) is 5.10 Å². The molecular weight excluding hydrogens is 397 g/mol. The smallest absolute Gasteiger partial charge is 0.260 e. The molecule has 0 aliphatic heterocycles. The third-order valence-electron chi connectivity index (χ3n) is 4.02. The van der Waals surface area contributed by atoms with E-state index in [1.807, 2.05) is 44.2 Å². The summed E-state index contributed by atoms with van der Waals surface area (Å²) in [7, 11) is 0. The van der Waals surface area contributed by atoms with E-state index in [2.05, 4.69) is 10.4 Å². The largest absolute Gasteiger partial charge is 0.489 e. The van der Waals surface area contributed by atoms with Crippen LogP contribution in [0.25, 0.3) is 0 Å². The van der Waals surface area contributed by atoms with E-state index in [-0.39, 0.29) is 12.0 Å². The molecule has 5 nitrogen and oxygen atoms in total. The molecule has 3 rings (SSSR count). The van der Waals surface area contributed by atoms with Crippen LogP contribution in [0.1, 0.15) is 35.5 Å². The summed E-state index contributed by atoms with van der Waals surface area (Å²) in [6, 6.07) is 14.9. The van der Waals surface area contributed by atoms with Gasteiger partial charge in [-0.3, -0.25) is 4.79 Å². The number of halogens is 2. The van der Waals surface area contributed by atoms with Crippen molar-refractivity contribution in [3.63, 3.8) is 0 Å². The minimum Gasteiger partial charge on any atom is -0.489 e. The van der Waals surface area contributed by atoms with E-state index in [1.54, 1.807) is 29.8 Å². The fourth-order valence-corrected chi connectivity index (χ4v) is 3.34. The minimum atomic E-state index is -0.338. The van der Waals surface area contributed by atoms with Crippen LogP contribution < -0.4 is 10.1 Å². The molecule has 0 saturated carbocycles. The number of ether oxygens (including phenoxy) is 1. The van der Waals surface area contributed by atoms with Crippen molar-refractivity contribution in [2.24, 2.45) is 0 Å². The fourth-order valence-electron chi connectivity index (χ4n) is 2.79. The molecule has 7 heteroatoms. The summed E-state index contributed by atoms with van der Waals surface area (Å²) in [5.74, 6) is 0.231. The molecule has 0 aliphatic carbocycles. The standard InChI is InChI=1S/C21H21Cl2N3O2/c1-13(2)28-18-10-9-16(11-17(18)22)24-21(27)19-14(3)25-26(20(19)23)12-15-7-5-4-6-8-15/h4-11,13H,12H2,1-3H3,(H,24,27). The van der Waals surface area contributed by atoms with Crippen molar-refractivity contribution in [3.05, 3.63) is 75.5 Å². The summed E-state index contributed by atoms with van der Waals surface area (Å²) in [5, 5.41) is 7.95. The zero-order valence-electron chi connectivity index (χ0n) is 15.9. The van der Waals surface area contributed by atoms with Crippen LogP contribution in [0.15, 0.2) is 48.5 Å². The maximum Gasteiger partial charge on any atom is 0.260 e. The summed E-state index contributed by atoms with van der Waals surface area (Å²) in [4.78, 5) is 12.8. The number of carbonyl (C=O) groups excluding carboxylic acids is 1. The number of carbonyl (C=O) groups is 1. The number of hydrogen-bond donors (Lipinski definition) is 1. The van der Waals surface area contributed by atoms with Crippen LogP contribution in [0.4, 0.5) is 5.69 Å². The van der Waals surface area contributed by atoms with Gasteiger partial charge in [-0.25, -0.2) is 4.68 Å². The Bertz CT molecular complexity index is 985. The number of hydrogen-bond acceptors (Lipinski definition) is 3. The first-order valence-electron chi connectivity index (χ1n) is 8.89. The van der Waals surface area contributed by atoms with Gasteiger partial charge in [0.1, 0.15) is 10.9 Å². The van der Waals surface area contributed by atoms with Crippen LogP contribution in [-0.2, 0) is 6.54 Å². The molecule has 0 unspecified atom stereocenters. The molecular formula is C21H21Cl2N3O2. The second-order valence-corrected chi connectivity index (χ2v) is 7.43. The van der Waals surface area contributed by atoms with Crippen LogP contribution in [0, 0.1) is 6.92 Å². The van der Waals surface area contributed by atoms with Crippen molar-refractivity contribution < 1.29 is 9.53 Å². The van der Waals surface area contributed by atoms with Crippen molar-refractivity contribution in [1.82, 2.24) is 9.78 Å². The highest BCUT2D eigenvalue weighted by atomic mass is 35.5. The molecule has 0 bridgehead atoms. The second-order valence-electron chi connectivity index (χ2n) is 6.66. The van der Waals surface area contributed by atoms with Crippen LogP contribution >= 0.6 is 23.2 Å². The van der Waals surface area contributed by atoms with Gasteiger partial charge in [-0.1, -0.05) is 53.5 Å². The number of aryl methyl sites for hydroxylation is 1.